The molecule has 0 spiro atoms. The van der Waals surface area contributed by atoms with Gasteiger partial charge >= 0.3 is 0 Å². The summed E-state index contributed by atoms with van der Waals surface area (Å²) in [7, 11) is 0. The van der Waals surface area contributed by atoms with Crippen LogP contribution in [0.1, 0.15) is 26.2 Å². The minimum atomic E-state index is 0.0267. The topological polar surface area (TPSA) is 59.6 Å². The maximum absolute atomic E-state index is 11.8. The summed E-state index contributed by atoms with van der Waals surface area (Å²) in [5.74, 6) is 0.132. The molecule has 0 bridgehead atoms. The molecular formula is C13H24N2O3. The Kier molecular flexibility index (Phi) is 5.41. The highest BCUT2D eigenvalue weighted by molar-refractivity contribution is 5.79. The molecule has 104 valence electrons. The van der Waals surface area contributed by atoms with Crippen molar-refractivity contribution in [3.63, 3.8) is 0 Å². The maximum atomic E-state index is 11.8. The normalized spacial score (nSPS) is 29.4. The Bertz CT molecular complexity index is 267. The van der Waals surface area contributed by atoms with Gasteiger partial charge in [0, 0.05) is 6.54 Å². The molecule has 0 saturated carbocycles. The number of ether oxygens (including phenoxy) is 2. The lowest BCUT2D eigenvalue weighted by atomic mass is 10.1. The van der Waals surface area contributed by atoms with Gasteiger partial charge in [-0.2, -0.15) is 0 Å². The zero-order valence-corrected chi connectivity index (χ0v) is 11.1. The minimum absolute atomic E-state index is 0.0267. The van der Waals surface area contributed by atoms with Gasteiger partial charge in [-0.1, -0.05) is 0 Å². The van der Waals surface area contributed by atoms with E-state index in [1.807, 2.05) is 6.92 Å². The zero-order chi connectivity index (χ0) is 12.8. The number of carbonyl (C=O) groups is 1. The maximum Gasteiger partial charge on any atom is 0.225 e. The van der Waals surface area contributed by atoms with Crippen LogP contribution < -0.4 is 10.6 Å². The van der Waals surface area contributed by atoms with E-state index < -0.39 is 0 Å². The standard InChI is InChI=1S/C13H24N2O3/c1-10-8-11(9-18-10)13(16)15-6-7-17-12-2-4-14-5-3-12/h10-12,14H,2-9H2,1H3,(H,15,16). The summed E-state index contributed by atoms with van der Waals surface area (Å²) < 4.78 is 11.1. The largest absolute Gasteiger partial charge is 0.378 e. The molecule has 18 heavy (non-hydrogen) atoms. The lowest BCUT2D eigenvalue weighted by Crippen LogP contribution is -2.36. The van der Waals surface area contributed by atoms with Crippen LogP contribution in [0.2, 0.25) is 0 Å². The Labute approximate surface area is 109 Å². The van der Waals surface area contributed by atoms with Crippen LogP contribution in [0.5, 0.6) is 0 Å². The first-order valence-electron chi connectivity index (χ1n) is 6.97. The summed E-state index contributed by atoms with van der Waals surface area (Å²) in [6.45, 7) is 5.85. The lowest BCUT2D eigenvalue weighted by molar-refractivity contribution is -0.125. The average Bonchev–Trinajstić information content (AvgIpc) is 2.82. The first-order valence-corrected chi connectivity index (χ1v) is 6.97. The molecule has 5 nitrogen and oxygen atoms in total. The van der Waals surface area contributed by atoms with Gasteiger partial charge in [0.05, 0.1) is 31.3 Å². The molecule has 0 aromatic rings. The Balaban J connectivity index is 1.53. The smallest absolute Gasteiger partial charge is 0.225 e. The van der Waals surface area contributed by atoms with Crippen molar-refractivity contribution < 1.29 is 14.3 Å². The molecule has 2 fully saturated rings. The molecule has 2 saturated heterocycles. The van der Waals surface area contributed by atoms with Gasteiger partial charge in [0.15, 0.2) is 0 Å². The molecule has 2 rings (SSSR count). The lowest BCUT2D eigenvalue weighted by Gasteiger charge is -2.23. The molecule has 1 amide bonds. The van der Waals surface area contributed by atoms with E-state index >= 15 is 0 Å². The Hall–Kier alpha value is -0.650. The first kappa shape index (κ1) is 13.8. The summed E-state index contributed by atoms with van der Waals surface area (Å²) in [5.41, 5.74) is 0. The van der Waals surface area contributed by atoms with E-state index in [0.717, 1.165) is 32.4 Å². The van der Waals surface area contributed by atoms with E-state index in [1.54, 1.807) is 0 Å². The van der Waals surface area contributed by atoms with E-state index in [2.05, 4.69) is 10.6 Å². The summed E-state index contributed by atoms with van der Waals surface area (Å²) in [4.78, 5) is 11.8. The molecule has 2 heterocycles. The summed E-state index contributed by atoms with van der Waals surface area (Å²) in [6, 6.07) is 0. The van der Waals surface area contributed by atoms with Gasteiger partial charge in [-0.25, -0.2) is 0 Å². The molecule has 0 aliphatic carbocycles. The number of carbonyl (C=O) groups excluding carboxylic acids is 1. The highest BCUT2D eigenvalue weighted by Crippen LogP contribution is 2.18. The summed E-state index contributed by atoms with van der Waals surface area (Å²) >= 11 is 0. The monoisotopic (exact) mass is 256 g/mol. The van der Waals surface area contributed by atoms with E-state index in [-0.39, 0.29) is 17.9 Å². The summed E-state index contributed by atoms with van der Waals surface area (Å²) in [6.07, 6.45) is 3.55. The van der Waals surface area contributed by atoms with Crippen molar-refractivity contribution in [3.8, 4) is 0 Å². The molecular weight excluding hydrogens is 232 g/mol. The van der Waals surface area contributed by atoms with E-state index in [0.29, 0.717) is 25.9 Å². The number of hydrogen-bond acceptors (Lipinski definition) is 4. The van der Waals surface area contributed by atoms with Crippen LogP contribution in [-0.2, 0) is 14.3 Å². The van der Waals surface area contributed by atoms with Crippen LogP contribution in [0.4, 0.5) is 0 Å². The van der Waals surface area contributed by atoms with Crippen LogP contribution in [0.25, 0.3) is 0 Å². The molecule has 2 atom stereocenters. The average molecular weight is 256 g/mol. The fourth-order valence-electron chi connectivity index (χ4n) is 2.51. The van der Waals surface area contributed by atoms with Gasteiger partial charge in [-0.05, 0) is 39.3 Å². The van der Waals surface area contributed by atoms with Crippen LogP contribution in [-0.4, -0.2) is 51.0 Å². The molecule has 2 unspecified atom stereocenters. The number of rotatable bonds is 5. The van der Waals surface area contributed by atoms with Crippen LogP contribution in [0, 0.1) is 5.92 Å². The number of amides is 1. The minimum Gasteiger partial charge on any atom is -0.378 e. The highest BCUT2D eigenvalue weighted by Gasteiger charge is 2.27. The van der Waals surface area contributed by atoms with Gasteiger partial charge in [-0.3, -0.25) is 4.79 Å². The van der Waals surface area contributed by atoms with Gasteiger partial charge in [-0.15, -0.1) is 0 Å². The molecule has 2 N–H and O–H groups in total. The Morgan fingerprint density at radius 2 is 2.22 bits per heavy atom. The number of hydrogen-bond donors (Lipinski definition) is 2. The molecule has 0 radical (unpaired) electrons. The third-order valence-corrected chi connectivity index (χ3v) is 3.61. The van der Waals surface area contributed by atoms with E-state index in [4.69, 9.17) is 9.47 Å². The second-order valence-electron chi connectivity index (χ2n) is 5.19. The highest BCUT2D eigenvalue weighted by atomic mass is 16.5. The van der Waals surface area contributed by atoms with Crippen molar-refractivity contribution in [2.45, 2.75) is 38.4 Å². The van der Waals surface area contributed by atoms with Crippen molar-refractivity contribution in [1.82, 2.24) is 10.6 Å². The molecule has 2 aliphatic rings. The fraction of sp³-hybridized carbons (Fsp3) is 0.923. The predicted octanol–water partition coefficient (Wildman–Crippen LogP) is 0.296. The zero-order valence-electron chi connectivity index (χ0n) is 11.1. The van der Waals surface area contributed by atoms with Crippen LogP contribution in [0.3, 0.4) is 0 Å². The Morgan fingerprint density at radius 3 is 2.89 bits per heavy atom. The van der Waals surface area contributed by atoms with E-state index in [9.17, 15) is 4.79 Å². The van der Waals surface area contributed by atoms with Crippen LogP contribution >= 0.6 is 0 Å². The predicted molar refractivity (Wildman–Crippen MR) is 68.4 cm³/mol. The quantitative estimate of drug-likeness (QED) is 0.694. The van der Waals surface area contributed by atoms with Gasteiger partial charge in [0.2, 0.25) is 5.91 Å². The third-order valence-electron chi connectivity index (χ3n) is 3.61. The van der Waals surface area contributed by atoms with Gasteiger partial charge in [0.25, 0.3) is 0 Å². The summed E-state index contributed by atoms with van der Waals surface area (Å²) in [5, 5.41) is 6.23. The van der Waals surface area contributed by atoms with Crippen molar-refractivity contribution in [3.05, 3.63) is 0 Å². The van der Waals surface area contributed by atoms with Crippen molar-refractivity contribution in [1.29, 1.82) is 0 Å². The van der Waals surface area contributed by atoms with Gasteiger partial charge in [0.1, 0.15) is 0 Å². The number of piperidine rings is 1. The van der Waals surface area contributed by atoms with Crippen molar-refractivity contribution in [2.75, 3.05) is 32.8 Å². The van der Waals surface area contributed by atoms with E-state index in [1.165, 1.54) is 0 Å². The molecule has 2 aliphatic heterocycles. The SMILES string of the molecule is CC1CC(C(=O)NCCOC2CCNCC2)CO1. The third kappa shape index (κ3) is 4.23. The van der Waals surface area contributed by atoms with Crippen molar-refractivity contribution in [2.24, 2.45) is 5.92 Å². The molecule has 5 heteroatoms. The Morgan fingerprint density at radius 1 is 1.44 bits per heavy atom. The van der Waals surface area contributed by atoms with Crippen LogP contribution in [0.15, 0.2) is 0 Å². The van der Waals surface area contributed by atoms with Gasteiger partial charge < -0.3 is 20.1 Å². The molecule has 0 aromatic carbocycles. The molecule has 0 aromatic heterocycles. The second kappa shape index (κ2) is 7.07. The first-order chi connectivity index (χ1) is 8.75. The van der Waals surface area contributed by atoms with Crippen molar-refractivity contribution >= 4 is 5.91 Å². The fourth-order valence-corrected chi connectivity index (χ4v) is 2.51. The number of nitrogens with one attached hydrogen (secondary N) is 2. The second-order valence-corrected chi connectivity index (χ2v) is 5.19.